The maximum absolute atomic E-state index is 12.8. The number of ether oxygens (including phenoxy) is 3. The normalized spacial score (nSPS) is 11.7. The van der Waals surface area contributed by atoms with Crippen molar-refractivity contribution >= 4 is 11.6 Å². The van der Waals surface area contributed by atoms with Crippen LogP contribution in [-0.2, 0) is 16.0 Å². The zero-order valence-electron chi connectivity index (χ0n) is 17.8. The van der Waals surface area contributed by atoms with Crippen molar-refractivity contribution in [3.05, 3.63) is 60.4 Å². The van der Waals surface area contributed by atoms with Gasteiger partial charge in [-0.05, 0) is 49.2 Å². The molecule has 8 nitrogen and oxygen atoms in total. The molecule has 1 aromatic heterocycles. The van der Waals surface area contributed by atoms with Crippen LogP contribution in [-0.4, -0.2) is 48.8 Å². The fourth-order valence-corrected chi connectivity index (χ4v) is 3.01. The number of methoxy groups -OCH3 is 1. The van der Waals surface area contributed by atoms with E-state index in [2.05, 4.69) is 15.3 Å². The van der Waals surface area contributed by atoms with Crippen molar-refractivity contribution in [2.75, 3.05) is 32.2 Å². The lowest BCUT2D eigenvalue weighted by atomic mass is 10.1. The Hall–Kier alpha value is -3.36. The highest BCUT2D eigenvalue weighted by atomic mass is 16.5. The molecule has 3 rings (SSSR count). The summed E-state index contributed by atoms with van der Waals surface area (Å²) in [5.74, 6) is 1.69. The van der Waals surface area contributed by atoms with E-state index in [9.17, 15) is 4.79 Å². The Labute approximate surface area is 181 Å². The molecule has 0 aliphatic carbocycles. The summed E-state index contributed by atoms with van der Waals surface area (Å²) in [6, 6.07) is 12.2. The Kier molecular flexibility index (Phi) is 8.03. The van der Waals surface area contributed by atoms with Gasteiger partial charge in [0, 0.05) is 24.6 Å². The van der Waals surface area contributed by atoms with Gasteiger partial charge in [0.1, 0.15) is 23.9 Å². The predicted molar refractivity (Wildman–Crippen MR) is 119 cm³/mol. The quantitative estimate of drug-likeness (QED) is 0.408. The van der Waals surface area contributed by atoms with Crippen LogP contribution in [0.2, 0.25) is 0 Å². The van der Waals surface area contributed by atoms with Gasteiger partial charge in [0.25, 0.3) is 0 Å². The van der Waals surface area contributed by atoms with Crippen molar-refractivity contribution < 1.29 is 19.0 Å². The average molecular weight is 425 g/mol. The maximum atomic E-state index is 12.8. The maximum Gasteiger partial charge on any atom is 0.241 e. The lowest BCUT2D eigenvalue weighted by Crippen LogP contribution is -2.37. The Morgan fingerprint density at radius 1 is 1.19 bits per heavy atom. The number of hydrogen-bond donors (Lipinski definition) is 3. The third-order valence-electron chi connectivity index (χ3n) is 4.65. The van der Waals surface area contributed by atoms with Gasteiger partial charge in [0.05, 0.1) is 25.4 Å². The fourth-order valence-electron chi connectivity index (χ4n) is 3.01. The van der Waals surface area contributed by atoms with Gasteiger partial charge in [-0.25, -0.2) is 4.98 Å². The minimum absolute atomic E-state index is 0.304. The average Bonchev–Trinajstić information content (AvgIpc) is 3.33. The molecule has 2 aromatic carbocycles. The van der Waals surface area contributed by atoms with Crippen LogP contribution in [0, 0.1) is 0 Å². The molecule has 31 heavy (non-hydrogen) atoms. The number of benzene rings is 2. The topological polar surface area (TPSA) is 111 Å². The summed E-state index contributed by atoms with van der Waals surface area (Å²) in [5.41, 5.74) is 8.46. The first-order valence-corrected chi connectivity index (χ1v) is 10.1. The van der Waals surface area contributed by atoms with E-state index in [0.29, 0.717) is 43.5 Å². The number of aromatic nitrogens is 2. The van der Waals surface area contributed by atoms with Crippen molar-refractivity contribution in [1.29, 1.82) is 0 Å². The first kappa shape index (κ1) is 22.3. The predicted octanol–water partition coefficient (Wildman–Crippen LogP) is 3.01. The highest BCUT2D eigenvalue weighted by molar-refractivity contribution is 5.96. The SMILES string of the molecule is CCOCCOc1ccc(-c2ncc[nH]2)cc1NC(=O)[C@@H](N)Cc1ccc(OC)cc1. The smallest absolute Gasteiger partial charge is 0.241 e. The zero-order valence-corrected chi connectivity index (χ0v) is 17.8. The lowest BCUT2D eigenvalue weighted by Gasteiger charge is -2.17. The third-order valence-corrected chi connectivity index (χ3v) is 4.65. The van der Waals surface area contributed by atoms with Crippen molar-refractivity contribution in [2.45, 2.75) is 19.4 Å². The van der Waals surface area contributed by atoms with Crippen LogP contribution in [0.15, 0.2) is 54.9 Å². The minimum atomic E-state index is -0.725. The van der Waals surface area contributed by atoms with Gasteiger partial charge in [-0.3, -0.25) is 4.79 Å². The van der Waals surface area contributed by atoms with Crippen molar-refractivity contribution in [2.24, 2.45) is 5.73 Å². The highest BCUT2D eigenvalue weighted by Gasteiger charge is 2.17. The number of nitrogens with two attached hydrogens (primary N) is 1. The number of amides is 1. The van der Waals surface area contributed by atoms with Gasteiger partial charge < -0.3 is 30.2 Å². The first-order valence-electron chi connectivity index (χ1n) is 10.1. The molecule has 0 unspecified atom stereocenters. The van der Waals surface area contributed by atoms with E-state index in [0.717, 1.165) is 16.9 Å². The second-order valence-electron chi connectivity index (χ2n) is 6.84. The van der Waals surface area contributed by atoms with Crippen molar-refractivity contribution in [1.82, 2.24) is 9.97 Å². The third kappa shape index (κ3) is 6.31. The van der Waals surface area contributed by atoms with Crippen molar-refractivity contribution in [3.8, 4) is 22.9 Å². The van der Waals surface area contributed by atoms with Crippen LogP contribution < -0.4 is 20.5 Å². The molecule has 0 spiro atoms. The molecule has 164 valence electrons. The summed E-state index contributed by atoms with van der Waals surface area (Å²) in [7, 11) is 1.61. The molecular formula is C23H28N4O4. The molecule has 0 bridgehead atoms. The monoisotopic (exact) mass is 424 g/mol. The zero-order chi connectivity index (χ0) is 22.1. The molecule has 0 saturated carbocycles. The minimum Gasteiger partial charge on any atom is -0.497 e. The Balaban J connectivity index is 1.72. The van der Waals surface area contributed by atoms with Crippen LogP contribution in [0.1, 0.15) is 12.5 Å². The van der Waals surface area contributed by atoms with E-state index in [-0.39, 0.29) is 5.91 Å². The Morgan fingerprint density at radius 2 is 2.00 bits per heavy atom. The van der Waals surface area contributed by atoms with E-state index in [1.807, 2.05) is 43.3 Å². The molecule has 1 heterocycles. The van der Waals surface area contributed by atoms with Gasteiger partial charge in [0.15, 0.2) is 0 Å². The number of rotatable bonds is 11. The Morgan fingerprint density at radius 3 is 2.68 bits per heavy atom. The number of nitrogens with zero attached hydrogens (tertiary/aromatic N) is 1. The van der Waals surface area contributed by atoms with Crippen LogP contribution in [0.3, 0.4) is 0 Å². The molecule has 0 aliphatic heterocycles. The number of hydrogen-bond acceptors (Lipinski definition) is 6. The molecule has 4 N–H and O–H groups in total. The summed E-state index contributed by atoms with van der Waals surface area (Å²) in [5, 5.41) is 2.90. The number of H-pyrrole nitrogens is 1. The number of imidazole rings is 1. The van der Waals surface area contributed by atoms with Crippen molar-refractivity contribution in [3.63, 3.8) is 0 Å². The first-order chi connectivity index (χ1) is 15.1. The largest absolute Gasteiger partial charge is 0.497 e. The van der Waals surface area contributed by atoms with E-state index < -0.39 is 6.04 Å². The summed E-state index contributed by atoms with van der Waals surface area (Å²) in [4.78, 5) is 20.1. The molecule has 8 heteroatoms. The van der Waals surface area contributed by atoms with Crippen LogP contribution in [0.4, 0.5) is 5.69 Å². The van der Waals surface area contributed by atoms with E-state index >= 15 is 0 Å². The summed E-state index contributed by atoms with van der Waals surface area (Å²) < 4.78 is 16.3. The van der Waals surface area contributed by atoms with Gasteiger partial charge >= 0.3 is 0 Å². The highest BCUT2D eigenvalue weighted by Crippen LogP contribution is 2.30. The summed E-state index contributed by atoms with van der Waals surface area (Å²) >= 11 is 0. The van der Waals surface area contributed by atoms with Gasteiger partial charge in [-0.15, -0.1) is 0 Å². The second-order valence-corrected chi connectivity index (χ2v) is 6.84. The molecule has 1 atom stereocenters. The number of carbonyl (C=O) groups excluding carboxylic acids is 1. The number of carbonyl (C=O) groups is 1. The van der Waals surface area contributed by atoms with Crippen LogP contribution >= 0.6 is 0 Å². The van der Waals surface area contributed by atoms with Gasteiger partial charge in [0.2, 0.25) is 5.91 Å². The number of aromatic amines is 1. The second kappa shape index (κ2) is 11.1. The molecule has 0 aliphatic rings. The molecule has 3 aromatic rings. The van der Waals surface area contributed by atoms with Crippen LogP contribution in [0.25, 0.3) is 11.4 Å². The van der Waals surface area contributed by atoms with E-state index in [1.165, 1.54) is 0 Å². The molecule has 1 amide bonds. The van der Waals surface area contributed by atoms with Crippen LogP contribution in [0.5, 0.6) is 11.5 Å². The fraction of sp³-hybridized carbons (Fsp3) is 0.304. The summed E-state index contributed by atoms with van der Waals surface area (Å²) in [6.07, 6.45) is 3.81. The summed E-state index contributed by atoms with van der Waals surface area (Å²) in [6.45, 7) is 3.37. The standard InChI is InChI=1S/C23H28N4O4/c1-3-30-12-13-31-21-9-6-17(22-25-10-11-26-22)15-20(21)27-23(28)19(24)14-16-4-7-18(29-2)8-5-16/h4-11,15,19H,3,12-14,24H2,1-2H3,(H,25,26)(H,27,28)/t19-/m0/s1. The van der Waals surface area contributed by atoms with E-state index in [4.69, 9.17) is 19.9 Å². The molecule has 0 saturated heterocycles. The number of anilines is 1. The molecule has 0 radical (unpaired) electrons. The van der Waals surface area contributed by atoms with E-state index in [1.54, 1.807) is 25.6 Å². The van der Waals surface area contributed by atoms with Gasteiger partial charge in [-0.1, -0.05) is 12.1 Å². The number of nitrogens with one attached hydrogen (secondary N) is 2. The molecular weight excluding hydrogens is 396 g/mol. The van der Waals surface area contributed by atoms with Gasteiger partial charge in [-0.2, -0.15) is 0 Å². The Bertz CT molecular complexity index is 958. The lowest BCUT2D eigenvalue weighted by molar-refractivity contribution is -0.117. The molecule has 0 fully saturated rings.